The summed E-state index contributed by atoms with van der Waals surface area (Å²) in [6, 6.07) is 4.46. The summed E-state index contributed by atoms with van der Waals surface area (Å²) in [5.41, 5.74) is 0. The van der Waals surface area contributed by atoms with Gasteiger partial charge in [0, 0.05) is 32.2 Å². The van der Waals surface area contributed by atoms with Crippen LogP contribution in [0.4, 0.5) is 0 Å². The van der Waals surface area contributed by atoms with Crippen LogP contribution in [0.1, 0.15) is 45.4 Å². The molecule has 0 atom stereocenters. The van der Waals surface area contributed by atoms with Crippen LogP contribution in [-0.4, -0.2) is 52.2 Å². The van der Waals surface area contributed by atoms with Crippen LogP contribution in [0.2, 0.25) is 0 Å². The third kappa shape index (κ3) is 4.01. The minimum Gasteiger partial charge on any atom is -0.459 e. The van der Waals surface area contributed by atoms with E-state index in [0.29, 0.717) is 17.5 Å². The molecule has 2 aromatic rings. The summed E-state index contributed by atoms with van der Waals surface area (Å²) in [7, 11) is 0. The topological polar surface area (TPSA) is 58.5 Å². The van der Waals surface area contributed by atoms with Crippen LogP contribution in [-0.2, 0) is 6.54 Å². The molecule has 2 fully saturated rings. The number of nitrogens with zero attached hydrogens (tertiary/aromatic N) is 4. The molecule has 0 unspecified atom stereocenters. The molecule has 0 amide bonds. The number of hydrogen-bond acceptors (Lipinski definition) is 6. The van der Waals surface area contributed by atoms with E-state index in [1.54, 1.807) is 6.26 Å². The lowest BCUT2D eigenvalue weighted by molar-refractivity contribution is 0.0594. The summed E-state index contributed by atoms with van der Waals surface area (Å²) >= 11 is 0. The van der Waals surface area contributed by atoms with E-state index >= 15 is 0 Å². The van der Waals surface area contributed by atoms with Gasteiger partial charge >= 0.3 is 0 Å². The molecule has 142 valence electrons. The Morgan fingerprint density at radius 1 is 1.08 bits per heavy atom. The van der Waals surface area contributed by atoms with Gasteiger partial charge in [-0.15, -0.1) is 10.2 Å². The van der Waals surface area contributed by atoms with Crippen molar-refractivity contribution < 1.29 is 8.83 Å². The Kier molecular flexibility index (Phi) is 5.41. The van der Waals surface area contributed by atoms with E-state index in [9.17, 15) is 0 Å². The van der Waals surface area contributed by atoms with E-state index in [4.69, 9.17) is 8.83 Å². The molecule has 1 saturated heterocycles. The Bertz CT molecular complexity index is 666. The van der Waals surface area contributed by atoms with Gasteiger partial charge in [-0.1, -0.05) is 13.8 Å². The van der Waals surface area contributed by atoms with E-state index < -0.39 is 0 Å². The summed E-state index contributed by atoms with van der Waals surface area (Å²) in [5, 5.41) is 8.25. The number of furan rings is 1. The molecule has 3 heterocycles. The zero-order chi connectivity index (χ0) is 17.9. The van der Waals surface area contributed by atoms with Crippen LogP contribution in [0.25, 0.3) is 11.7 Å². The van der Waals surface area contributed by atoms with Crippen molar-refractivity contribution in [2.45, 2.75) is 52.1 Å². The molecule has 0 radical (unpaired) electrons. The van der Waals surface area contributed by atoms with Crippen molar-refractivity contribution in [3.8, 4) is 11.7 Å². The highest BCUT2D eigenvalue weighted by molar-refractivity contribution is 5.42. The summed E-state index contributed by atoms with van der Waals surface area (Å²) in [6.07, 6.45) is 7.17. The number of aromatic nitrogens is 2. The average Bonchev–Trinajstić information content (AvgIpc) is 3.34. The van der Waals surface area contributed by atoms with Gasteiger partial charge in [0.1, 0.15) is 0 Å². The molecule has 6 heteroatoms. The maximum atomic E-state index is 5.74. The first-order chi connectivity index (χ1) is 12.7. The normalized spacial score (nSPS) is 25.8. The second-order valence-corrected chi connectivity index (χ2v) is 8.10. The molecule has 4 rings (SSSR count). The highest BCUT2D eigenvalue weighted by Gasteiger charge is 2.29. The first-order valence-corrected chi connectivity index (χ1v) is 10.0. The molecule has 2 aromatic heterocycles. The van der Waals surface area contributed by atoms with Crippen LogP contribution in [0.15, 0.2) is 27.2 Å². The van der Waals surface area contributed by atoms with Crippen LogP contribution in [0.3, 0.4) is 0 Å². The molecular weight excluding hydrogens is 328 g/mol. The van der Waals surface area contributed by atoms with Gasteiger partial charge in [0.15, 0.2) is 5.76 Å². The summed E-state index contributed by atoms with van der Waals surface area (Å²) in [5.74, 6) is 3.54. The van der Waals surface area contributed by atoms with Gasteiger partial charge in [-0.25, -0.2) is 0 Å². The van der Waals surface area contributed by atoms with Gasteiger partial charge in [0.05, 0.1) is 12.8 Å². The minimum atomic E-state index is 0.463. The van der Waals surface area contributed by atoms with Crippen molar-refractivity contribution >= 4 is 0 Å². The molecule has 6 nitrogen and oxygen atoms in total. The largest absolute Gasteiger partial charge is 0.459 e. The molecule has 26 heavy (non-hydrogen) atoms. The highest BCUT2D eigenvalue weighted by atomic mass is 16.4. The highest BCUT2D eigenvalue weighted by Crippen LogP contribution is 2.32. The van der Waals surface area contributed by atoms with Gasteiger partial charge in [-0.3, -0.25) is 9.80 Å². The summed E-state index contributed by atoms with van der Waals surface area (Å²) in [4.78, 5) is 5.12. The zero-order valence-electron chi connectivity index (χ0n) is 15.9. The molecule has 0 aromatic carbocycles. The molecule has 0 spiro atoms. The number of rotatable bonds is 5. The smallest absolute Gasteiger partial charge is 0.283 e. The number of piperazine rings is 1. The quantitative estimate of drug-likeness (QED) is 0.813. The maximum absolute atomic E-state index is 5.74. The minimum absolute atomic E-state index is 0.463. The van der Waals surface area contributed by atoms with Crippen molar-refractivity contribution in [2.24, 2.45) is 11.8 Å². The molecule has 0 bridgehead atoms. The molecule has 0 N–H and O–H groups in total. The Morgan fingerprint density at radius 3 is 2.50 bits per heavy atom. The van der Waals surface area contributed by atoms with Gasteiger partial charge in [-0.05, 0) is 49.7 Å². The van der Waals surface area contributed by atoms with Crippen molar-refractivity contribution in [3.05, 3.63) is 24.3 Å². The fourth-order valence-corrected chi connectivity index (χ4v) is 4.43. The predicted molar refractivity (Wildman–Crippen MR) is 99.4 cm³/mol. The van der Waals surface area contributed by atoms with Crippen molar-refractivity contribution in [3.63, 3.8) is 0 Å². The lowest BCUT2D eigenvalue weighted by atomic mass is 9.79. The van der Waals surface area contributed by atoms with Gasteiger partial charge < -0.3 is 8.83 Å². The van der Waals surface area contributed by atoms with E-state index in [-0.39, 0.29) is 0 Å². The van der Waals surface area contributed by atoms with Gasteiger partial charge in [0.25, 0.3) is 5.89 Å². The molecule has 1 saturated carbocycles. The van der Waals surface area contributed by atoms with Crippen molar-refractivity contribution in [2.75, 3.05) is 26.2 Å². The molecule has 1 aliphatic carbocycles. The van der Waals surface area contributed by atoms with Crippen LogP contribution in [0.5, 0.6) is 0 Å². The second-order valence-electron chi connectivity index (χ2n) is 8.10. The molecule has 2 aliphatic rings. The Balaban J connectivity index is 1.24. The zero-order valence-corrected chi connectivity index (χ0v) is 15.9. The van der Waals surface area contributed by atoms with Crippen LogP contribution in [0, 0.1) is 11.8 Å². The fourth-order valence-electron chi connectivity index (χ4n) is 4.43. The lowest BCUT2D eigenvalue weighted by Gasteiger charge is -2.42. The Hall–Kier alpha value is -1.66. The van der Waals surface area contributed by atoms with Crippen LogP contribution < -0.4 is 0 Å². The fraction of sp³-hybridized carbons (Fsp3) is 0.700. The van der Waals surface area contributed by atoms with Gasteiger partial charge in [0.2, 0.25) is 5.89 Å². The summed E-state index contributed by atoms with van der Waals surface area (Å²) < 4.78 is 11.0. The molecule has 1 aliphatic heterocycles. The summed E-state index contributed by atoms with van der Waals surface area (Å²) in [6.45, 7) is 9.91. The van der Waals surface area contributed by atoms with Crippen molar-refractivity contribution in [1.82, 2.24) is 20.0 Å². The lowest BCUT2D eigenvalue weighted by Crippen LogP contribution is -2.50. The van der Waals surface area contributed by atoms with Gasteiger partial charge in [-0.2, -0.15) is 0 Å². The van der Waals surface area contributed by atoms with E-state index in [2.05, 4.69) is 33.8 Å². The van der Waals surface area contributed by atoms with Crippen molar-refractivity contribution in [1.29, 1.82) is 0 Å². The molecular formula is C20H30N4O2. The Labute approximate surface area is 155 Å². The predicted octanol–water partition coefficient (Wildman–Crippen LogP) is 3.66. The van der Waals surface area contributed by atoms with E-state index in [1.807, 2.05) is 12.1 Å². The SMILES string of the molecule is CC(C)C1CCC(N2CCN(Cc3nnc(-c4ccco4)o3)CC2)CC1. The standard InChI is InChI=1S/C20H30N4O2/c1-15(2)16-5-7-17(8-6-16)24-11-9-23(10-12-24)14-19-21-22-20(26-19)18-4-3-13-25-18/h3-4,13,15-17H,5-12,14H2,1-2H3. The first-order valence-electron chi connectivity index (χ1n) is 10.0. The first kappa shape index (κ1) is 17.7. The number of hydrogen-bond donors (Lipinski definition) is 0. The third-order valence-electron chi connectivity index (χ3n) is 6.17. The maximum Gasteiger partial charge on any atom is 0.283 e. The van der Waals surface area contributed by atoms with E-state index in [0.717, 1.165) is 50.6 Å². The third-order valence-corrected chi connectivity index (χ3v) is 6.17. The van der Waals surface area contributed by atoms with E-state index in [1.165, 1.54) is 25.7 Å². The Morgan fingerprint density at radius 2 is 1.85 bits per heavy atom. The monoisotopic (exact) mass is 358 g/mol. The average molecular weight is 358 g/mol. The van der Waals surface area contributed by atoms with Crippen LogP contribution >= 0.6 is 0 Å². The second kappa shape index (κ2) is 7.92.